The quantitative estimate of drug-likeness (QED) is 0.755. The Morgan fingerprint density at radius 3 is 2.35 bits per heavy atom. The van der Waals surface area contributed by atoms with E-state index in [2.05, 4.69) is 31.4 Å². The summed E-state index contributed by atoms with van der Waals surface area (Å²) in [7, 11) is 0. The monoisotopic (exact) mass is 340 g/mol. The van der Waals surface area contributed by atoms with Crippen LogP contribution in [-0.4, -0.2) is 20.7 Å². The minimum atomic E-state index is -0.638. The van der Waals surface area contributed by atoms with E-state index in [4.69, 9.17) is 0 Å². The van der Waals surface area contributed by atoms with Crippen molar-refractivity contribution in [3.05, 3.63) is 55.3 Å². The number of aromatic amines is 2. The third-order valence-corrected chi connectivity index (χ3v) is 3.34. The molecule has 2 aromatic rings. The summed E-state index contributed by atoms with van der Waals surface area (Å²) >= 11 is 3.33. The lowest BCUT2D eigenvalue weighted by Crippen LogP contribution is -2.37. The molecule has 0 saturated heterocycles. The maximum Gasteiger partial charge on any atom is 0.344 e. The van der Waals surface area contributed by atoms with Crippen LogP contribution in [0.25, 0.3) is 0 Å². The number of hydrogen-bond donors (Lipinski definition) is 3. The SMILES string of the molecule is CC(NC(=O)Cn1c(=O)[nH][nH]c1=O)c1ccc(Br)cc1. The first-order valence-electron chi connectivity index (χ1n) is 5.89. The number of nitrogens with one attached hydrogen (secondary N) is 3. The highest BCUT2D eigenvalue weighted by Crippen LogP contribution is 2.16. The van der Waals surface area contributed by atoms with Crippen molar-refractivity contribution in [2.45, 2.75) is 19.5 Å². The van der Waals surface area contributed by atoms with Gasteiger partial charge in [0.05, 0.1) is 6.04 Å². The first-order valence-corrected chi connectivity index (χ1v) is 6.69. The largest absolute Gasteiger partial charge is 0.348 e. The molecule has 0 aliphatic rings. The number of hydrogen-bond acceptors (Lipinski definition) is 3. The second-order valence-corrected chi connectivity index (χ2v) is 5.20. The molecule has 2 rings (SSSR count). The van der Waals surface area contributed by atoms with Gasteiger partial charge in [0.2, 0.25) is 5.91 Å². The van der Waals surface area contributed by atoms with E-state index in [1.54, 1.807) is 0 Å². The molecule has 1 amide bonds. The van der Waals surface area contributed by atoms with E-state index in [0.29, 0.717) is 0 Å². The van der Waals surface area contributed by atoms with Crippen molar-refractivity contribution in [1.29, 1.82) is 0 Å². The Morgan fingerprint density at radius 2 is 1.80 bits per heavy atom. The lowest BCUT2D eigenvalue weighted by molar-refractivity contribution is -0.122. The van der Waals surface area contributed by atoms with Gasteiger partial charge in [0.25, 0.3) is 0 Å². The predicted molar refractivity (Wildman–Crippen MR) is 76.4 cm³/mol. The highest BCUT2D eigenvalue weighted by Gasteiger charge is 2.12. The van der Waals surface area contributed by atoms with Gasteiger partial charge in [-0.25, -0.2) is 24.4 Å². The van der Waals surface area contributed by atoms with Crippen molar-refractivity contribution in [3.8, 4) is 0 Å². The average Bonchev–Trinajstić information content (AvgIpc) is 2.71. The van der Waals surface area contributed by atoms with E-state index in [1.807, 2.05) is 31.2 Å². The molecule has 0 aliphatic heterocycles. The van der Waals surface area contributed by atoms with Gasteiger partial charge in [-0.1, -0.05) is 28.1 Å². The number of carbonyl (C=O) groups excluding carboxylic acids is 1. The maximum atomic E-state index is 11.8. The first kappa shape index (κ1) is 14.3. The van der Waals surface area contributed by atoms with Crippen molar-refractivity contribution in [1.82, 2.24) is 20.1 Å². The summed E-state index contributed by atoms with van der Waals surface area (Å²) in [6.45, 7) is 1.50. The third-order valence-electron chi connectivity index (χ3n) is 2.82. The van der Waals surface area contributed by atoms with Gasteiger partial charge in [-0.15, -0.1) is 0 Å². The van der Waals surface area contributed by atoms with Crippen LogP contribution in [0.15, 0.2) is 38.3 Å². The van der Waals surface area contributed by atoms with Crippen LogP contribution in [0.3, 0.4) is 0 Å². The molecule has 1 heterocycles. The average molecular weight is 341 g/mol. The molecule has 106 valence electrons. The summed E-state index contributed by atoms with van der Waals surface area (Å²) in [6.07, 6.45) is 0. The molecule has 3 N–H and O–H groups in total. The van der Waals surface area contributed by atoms with Crippen LogP contribution in [0.2, 0.25) is 0 Å². The molecule has 1 unspecified atom stereocenters. The number of halogens is 1. The van der Waals surface area contributed by atoms with E-state index in [9.17, 15) is 14.4 Å². The highest BCUT2D eigenvalue weighted by atomic mass is 79.9. The van der Waals surface area contributed by atoms with Crippen molar-refractivity contribution in [3.63, 3.8) is 0 Å². The molecule has 0 aliphatic carbocycles. The number of aromatic nitrogens is 3. The van der Waals surface area contributed by atoms with Crippen LogP contribution >= 0.6 is 15.9 Å². The Balaban J connectivity index is 2.03. The number of rotatable bonds is 4. The van der Waals surface area contributed by atoms with Crippen molar-refractivity contribution in [2.24, 2.45) is 0 Å². The summed E-state index contributed by atoms with van der Waals surface area (Å²) in [5, 5.41) is 6.96. The van der Waals surface area contributed by atoms with Gasteiger partial charge in [0.1, 0.15) is 6.54 Å². The van der Waals surface area contributed by atoms with E-state index in [-0.39, 0.29) is 12.6 Å². The smallest absolute Gasteiger partial charge is 0.344 e. The van der Waals surface area contributed by atoms with Gasteiger partial charge < -0.3 is 5.32 Å². The lowest BCUT2D eigenvalue weighted by Gasteiger charge is -2.14. The Kier molecular flexibility index (Phi) is 4.23. The molecule has 1 atom stereocenters. The first-order chi connectivity index (χ1) is 9.47. The Labute approximate surface area is 122 Å². The topological polar surface area (TPSA) is 99.8 Å². The van der Waals surface area contributed by atoms with Gasteiger partial charge in [-0.05, 0) is 24.6 Å². The van der Waals surface area contributed by atoms with E-state index in [0.717, 1.165) is 14.6 Å². The normalized spacial score (nSPS) is 12.1. The van der Waals surface area contributed by atoms with Crippen molar-refractivity contribution < 1.29 is 4.79 Å². The molecule has 0 spiro atoms. The van der Waals surface area contributed by atoms with Crippen LogP contribution < -0.4 is 16.7 Å². The second kappa shape index (κ2) is 5.91. The van der Waals surface area contributed by atoms with Crippen LogP contribution in [0.1, 0.15) is 18.5 Å². The molecule has 1 aromatic heterocycles. The molecule has 1 aromatic carbocycles. The van der Waals surface area contributed by atoms with Crippen LogP contribution in [0.5, 0.6) is 0 Å². The standard InChI is InChI=1S/C12H13BrN4O3/c1-7(8-2-4-9(13)5-3-8)14-10(18)6-17-11(19)15-16-12(17)20/h2-5,7H,6H2,1H3,(H,14,18)(H,15,19)(H,16,20). The van der Waals surface area contributed by atoms with E-state index >= 15 is 0 Å². The third kappa shape index (κ3) is 3.27. The van der Waals surface area contributed by atoms with Gasteiger partial charge >= 0.3 is 11.4 Å². The molecule has 0 saturated carbocycles. The second-order valence-electron chi connectivity index (χ2n) is 4.29. The summed E-state index contributed by atoms with van der Waals surface area (Å²) in [5.74, 6) is -0.410. The van der Waals surface area contributed by atoms with Gasteiger partial charge in [-0.3, -0.25) is 4.79 Å². The minimum absolute atomic E-state index is 0.218. The van der Waals surface area contributed by atoms with Crippen LogP contribution in [0.4, 0.5) is 0 Å². The number of benzene rings is 1. The van der Waals surface area contributed by atoms with E-state index < -0.39 is 17.3 Å². The predicted octanol–water partition coefficient (Wildman–Crippen LogP) is 0.505. The molecular weight excluding hydrogens is 328 g/mol. The number of carbonyl (C=O) groups is 1. The van der Waals surface area contributed by atoms with Crippen LogP contribution in [-0.2, 0) is 11.3 Å². The molecule has 8 heteroatoms. The number of amides is 1. The zero-order valence-electron chi connectivity index (χ0n) is 10.6. The molecule has 20 heavy (non-hydrogen) atoms. The lowest BCUT2D eigenvalue weighted by atomic mass is 10.1. The molecule has 7 nitrogen and oxygen atoms in total. The highest BCUT2D eigenvalue weighted by molar-refractivity contribution is 9.10. The summed E-state index contributed by atoms with van der Waals surface area (Å²) in [5.41, 5.74) is -0.347. The van der Waals surface area contributed by atoms with Gasteiger partial charge in [0.15, 0.2) is 0 Å². The zero-order chi connectivity index (χ0) is 14.7. The fourth-order valence-electron chi connectivity index (χ4n) is 1.74. The molecule has 0 bridgehead atoms. The number of H-pyrrole nitrogens is 2. The Morgan fingerprint density at radius 1 is 1.25 bits per heavy atom. The van der Waals surface area contributed by atoms with Gasteiger partial charge in [0, 0.05) is 4.47 Å². The molecular formula is C12H13BrN4O3. The molecule has 0 radical (unpaired) electrons. The minimum Gasteiger partial charge on any atom is -0.348 e. The van der Waals surface area contributed by atoms with E-state index in [1.165, 1.54) is 0 Å². The zero-order valence-corrected chi connectivity index (χ0v) is 12.2. The fourth-order valence-corrected chi connectivity index (χ4v) is 2.01. The van der Waals surface area contributed by atoms with Crippen molar-refractivity contribution >= 4 is 21.8 Å². The maximum absolute atomic E-state index is 11.8. The summed E-state index contributed by atoms with van der Waals surface area (Å²) in [4.78, 5) is 34.3. The Hall–Kier alpha value is -2.09. The summed E-state index contributed by atoms with van der Waals surface area (Å²) in [6, 6.07) is 7.29. The van der Waals surface area contributed by atoms with Crippen molar-refractivity contribution in [2.75, 3.05) is 0 Å². The Bertz CT molecular complexity index is 686. The molecule has 0 fully saturated rings. The van der Waals surface area contributed by atoms with Crippen LogP contribution in [0, 0.1) is 0 Å². The van der Waals surface area contributed by atoms with Gasteiger partial charge in [-0.2, -0.15) is 0 Å². The fraction of sp³-hybridized carbons (Fsp3) is 0.250. The summed E-state index contributed by atoms with van der Waals surface area (Å²) < 4.78 is 1.74. The number of nitrogens with zero attached hydrogens (tertiary/aromatic N) is 1.